The molecule has 4 nitrogen and oxygen atoms in total. The first-order valence-electron chi connectivity index (χ1n) is 8.29. The van der Waals surface area contributed by atoms with Crippen LogP contribution in [-0.4, -0.2) is 35.4 Å². The van der Waals surface area contributed by atoms with E-state index in [1.807, 2.05) is 54.6 Å². The predicted molar refractivity (Wildman–Crippen MR) is 114 cm³/mol. The molecule has 0 bridgehead atoms. The van der Waals surface area contributed by atoms with Gasteiger partial charge in [-0.15, -0.1) is 0 Å². The third-order valence-electron chi connectivity index (χ3n) is 3.91. The van der Waals surface area contributed by atoms with Crippen molar-refractivity contribution in [3.05, 3.63) is 69.6 Å². The summed E-state index contributed by atoms with van der Waals surface area (Å²) in [5.41, 5.74) is 1.85. The third kappa shape index (κ3) is 5.11. The lowest BCUT2D eigenvalue weighted by atomic mass is 10.1. The Morgan fingerprint density at radius 1 is 1.19 bits per heavy atom. The number of hydrogen-bond acceptors (Lipinski definition) is 5. The van der Waals surface area contributed by atoms with Crippen molar-refractivity contribution in [3.8, 4) is 5.75 Å². The molecule has 0 N–H and O–H groups in total. The summed E-state index contributed by atoms with van der Waals surface area (Å²) in [4.78, 5) is 14.7. The van der Waals surface area contributed by atoms with Crippen LogP contribution in [0.3, 0.4) is 0 Å². The number of para-hydroxylation sites is 1. The zero-order valence-electron chi connectivity index (χ0n) is 14.7. The van der Waals surface area contributed by atoms with E-state index in [-0.39, 0.29) is 5.91 Å². The Labute approximate surface area is 173 Å². The SMILES string of the molecule is COCCN1C(=O)/C(=C/c2ccccc2OCc2ccc(Cl)cc2)SC1=S. The van der Waals surface area contributed by atoms with Gasteiger partial charge in [0.25, 0.3) is 5.91 Å². The Morgan fingerprint density at radius 2 is 1.93 bits per heavy atom. The van der Waals surface area contributed by atoms with Crippen molar-refractivity contribution in [1.29, 1.82) is 0 Å². The summed E-state index contributed by atoms with van der Waals surface area (Å²) in [7, 11) is 1.60. The van der Waals surface area contributed by atoms with Crippen molar-refractivity contribution >= 4 is 51.9 Å². The summed E-state index contributed by atoms with van der Waals surface area (Å²) < 4.78 is 11.5. The molecule has 3 rings (SSSR count). The first-order valence-corrected chi connectivity index (χ1v) is 9.89. The lowest BCUT2D eigenvalue weighted by molar-refractivity contribution is -0.122. The van der Waals surface area contributed by atoms with Crippen LogP contribution in [-0.2, 0) is 16.1 Å². The van der Waals surface area contributed by atoms with Crippen LogP contribution in [0.15, 0.2) is 53.4 Å². The number of benzene rings is 2. The first-order chi connectivity index (χ1) is 13.1. The van der Waals surface area contributed by atoms with E-state index in [9.17, 15) is 4.79 Å². The van der Waals surface area contributed by atoms with Gasteiger partial charge in [0, 0.05) is 17.7 Å². The molecule has 0 aromatic heterocycles. The molecular weight excluding hydrogens is 402 g/mol. The van der Waals surface area contributed by atoms with Crippen molar-refractivity contribution in [2.45, 2.75) is 6.61 Å². The van der Waals surface area contributed by atoms with E-state index in [2.05, 4.69) is 0 Å². The highest BCUT2D eigenvalue weighted by Crippen LogP contribution is 2.34. The second-order valence-electron chi connectivity index (χ2n) is 5.78. The third-order valence-corrected chi connectivity index (χ3v) is 5.54. The van der Waals surface area contributed by atoms with Crippen LogP contribution in [0, 0.1) is 0 Å². The molecule has 1 amide bonds. The van der Waals surface area contributed by atoms with Gasteiger partial charge in [-0.25, -0.2) is 0 Å². The Hall–Kier alpha value is -1.86. The van der Waals surface area contributed by atoms with Gasteiger partial charge in [-0.05, 0) is 29.8 Å². The number of thiocarbonyl (C=S) groups is 1. The molecule has 0 saturated carbocycles. The summed E-state index contributed by atoms with van der Waals surface area (Å²) in [6.07, 6.45) is 1.82. The van der Waals surface area contributed by atoms with Crippen LogP contribution in [0.4, 0.5) is 0 Å². The average molecular weight is 420 g/mol. The lowest BCUT2D eigenvalue weighted by Gasteiger charge is -2.13. The molecule has 2 aromatic rings. The van der Waals surface area contributed by atoms with E-state index in [1.54, 1.807) is 12.0 Å². The van der Waals surface area contributed by atoms with Gasteiger partial charge in [0.15, 0.2) is 0 Å². The zero-order valence-corrected chi connectivity index (χ0v) is 17.1. The van der Waals surface area contributed by atoms with Gasteiger partial charge in [-0.2, -0.15) is 0 Å². The molecular formula is C20H18ClNO3S2. The Balaban J connectivity index is 1.75. The van der Waals surface area contributed by atoms with Crippen LogP contribution in [0.25, 0.3) is 6.08 Å². The van der Waals surface area contributed by atoms with Crippen LogP contribution >= 0.6 is 35.6 Å². The maximum absolute atomic E-state index is 12.6. The number of ether oxygens (including phenoxy) is 2. The smallest absolute Gasteiger partial charge is 0.266 e. The molecule has 1 aliphatic heterocycles. The van der Waals surface area contributed by atoms with Gasteiger partial charge < -0.3 is 9.47 Å². The molecule has 0 spiro atoms. The molecule has 140 valence electrons. The minimum absolute atomic E-state index is 0.102. The van der Waals surface area contributed by atoms with Crippen LogP contribution in [0.5, 0.6) is 5.75 Å². The molecule has 1 heterocycles. The molecule has 27 heavy (non-hydrogen) atoms. The number of rotatable bonds is 7. The van der Waals surface area contributed by atoms with E-state index >= 15 is 0 Å². The number of carbonyl (C=O) groups is 1. The number of amides is 1. The highest BCUT2D eigenvalue weighted by molar-refractivity contribution is 8.26. The van der Waals surface area contributed by atoms with Crippen LogP contribution in [0.2, 0.25) is 5.02 Å². The molecule has 0 unspecified atom stereocenters. The van der Waals surface area contributed by atoms with Crippen LogP contribution < -0.4 is 4.74 Å². The summed E-state index contributed by atoms with van der Waals surface area (Å²) >= 11 is 12.5. The number of nitrogens with zero attached hydrogens (tertiary/aromatic N) is 1. The van der Waals surface area contributed by atoms with E-state index in [0.29, 0.717) is 39.8 Å². The largest absolute Gasteiger partial charge is 0.488 e. The van der Waals surface area contributed by atoms with Crippen molar-refractivity contribution in [2.24, 2.45) is 0 Å². The van der Waals surface area contributed by atoms with E-state index in [0.717, 1.165) is 11.1 Å². The van der Waals surface area contributed by atoms with Crippen molar-refractivity contribution in [1.82, 2.24) is 4.90 Å². The number of carbonyl (C=O) groups excluding carboxylic acids is 1. The minimum Gasteiger partial charge on any atom is -0.488 e. The van der Waals surface area contributed by atoms with Crippen LogP contribution in [0.1, 0.15) is 11.1 Å². The highest BCUT2D eigenvalue weighted by Gasteiger charge is 2.31. The maximum Gasteiger partial charge on any atom is 0.266 e. The first kappa shape index (κ1) is 19.9. The van der Waals surface area contributed by atoms with Gasteiger partial charge >= 0.3 is 0 Å². The van der Waals surface area contributed by atoms with Gasteiger partial charge in [-0.1, -0.05) is 65.9 Å². The fourth-order valence-corrected chi connectivity index (χ4v) is 3.91. The summed E-state index contributed by atoms with van der Waals surface area (Å²) in [6.45, 7) is 1.31. The fraction of sp³-hybridized carbons (Fsp3) is 0.200. The number of halogens is 1. The summed E-state index contributed by atoms with van der Waals surface area (Å²) in [6, 6.07) is 15.1. The molecule has 1 saturated heterocycles. The number of hydrogen-bond donors (Lipinski definition) is 0. The molecule has 1 fully saturated rings. The second kappa shape index (κ2) is 9.37. The second-order valence-corrected chi connectivity index (χ2v) is 7.89. The van der Waals surface area contributed by atoms with Gasteiger partial charge in [-0.3, -0.25) is 9.69 Å². The van der Waals surface area contributed by atoms with Gasteiger partial charge in [0.05, 0.1) is 18.1 Å². The molecule has 0 radical (unpaired) electrons. The Morgan fingerprint density at radius 3 is 2.67 bits per heavy atom. The van der Waals surface area contributed by atoms with E-state index in [4.69, 9.17) is 33.3 Å². The molecule has 7 heteroatoms. The fourth-order valence-electron chi connectivity index (χ4n) is 2.49. The van der Waals surface area contributed by atoms with Gasteiger partial charge in [0.2, 0.25) is 0 Å². The number of thioether (sulfide) groups is 1. The van der Waals surface area contributed by atoms with E-state index < -0.39 is 0 Å². The molecule has 0 atom stereocenters. The quantitative estimate of drug-likeness (QED) is 0.477. The van der Waals surface area contributed by atoms with Crippen molar-refractivity contribution < 1.29 is 14.3 Å². The molecule has 0 aliphatic carbocycles. The van der Waals surface area contributed by atoms with E-state index in [1.165, 1.54) is 11.8 Å². The molecule has 1 aliphatic rings. The predicted octanol–water partition coefficient (Wildman–Crippen LogP) is 4.77. The zero-order chi connectivity index (χ0) is 19.2. The summed E-state index contributed by atoms with van der Waals surface area (Å²) in [5.74, 6) is 0.601. The minimum atomic E-state index is -0.102. The monoisotopic (exact) mass is 419 g/mol. The normalized spacial score (nSPS) is 15.6. The Kier molecular flexibility index (Phi) is 6.90. The maximum atomic E-state index is 12.6. The Bertz CT molecular complexity index is 868. The highest BCUT2D eigenvalue weighted by atomic mass is 35.5. The topological polar surface area (TPSA) is 38.8 Å². The standard InChI is InChI=1S/C20H18ClNO3S2/c1-24-11-10-22-19(23)18(27-20(22)26)12-15-4-2-3-5-17(15)25-13-14-6-8-16(21)9-7-14/h2-9,12H,10-11,13H2,1H3/b18-12-. The van der Waals surface area contributed by atoms with Gasteiger partial charge in [0.1, 0.15) is 16.7 Å². The number of methoxy groups -OCH3 is 1. The van der Waals surface area contributed by atoms with Crippen molar-refractivity contribution in [2.75, 3.05) is 20.3 Å². The van der Waals surface area contributed by atoms with Crippen molar-refractivity contribution in [3.63, 3.8) is 0 Å². The average Bonchev–Trinajstić information content (AvgIpc) is 2.93. The molecule has 2 aromatic carbocycles. The lowest BCUT2D eigenvalue weighted by Crippen LogP contribution is -2.31. The summed E-state index contributed by atoms with van der Waals surface area (Å²) in [5, 5.41) is 0.689.